The van der Waals surface area contributed by atoms with Gasteiger partial charge in [-0.2, -0.15) is 5.10 Å². The predicted molar refractivity (Wildman–Crippen MR) is 144 cm³/mol. The average Bonchev–Trinajstić information content (AvgIpc) is 3.50. The second kappa shape index (κ2) is 12.7. The molecule has 4 aromatic rings. The van der Waals surface area contributed by atoms with Crippen LogP contribution in [-0.4, -0.2) is 37.7 Å². The summed E-state index contributed by atoms with van der Waals surface area (Å²) in [5.41, 5.74) is 4.25. The van der Waals surface area contributed by atoms with E-state index in [0.29, 0.717) is 40.5 Å². The van der Waals surface area contributed by atoms with Crippen LogP contribution < -0.4 is 25.0 Å². The summed E-state index contributed by atoms with van der Waals surface area (Å²) in [5, 5.41) is 6.77. The maximum absolute atomic E-state index is 12.6. The number of hydrazone groups is 1. The number of nitrogens with zero attached hydrogens (tertiary/aromatic N) is 1. The Hall–Kier alpha value is -5.38. The first kappa shape index (κ1) is 26.7. The van der Waals surface area contributed by atoms with Crippen molar-refractivity contribution in [1.29, 1.82) is 0 Å². The van der Waals surface area contributed by atoms with Gasteiger partial charge in [-0.1, -0.05) is 6.07 Å². The molecule has 10 heteroatoms. The molecule has 0 fully saturated rings. The number of amides is 2. The molecule has 0 radical (unpaired) electrons. The van der Waals surface area contributed by atoms with Crippen molar-refractivity contribution in [3.8, 4) is 17.2 Å². The highest BCUT2D eigenvalue weighted by atomic mass is 16.6. The zero-order valence-electron chi connectivity index (χ0n) is 21.2. The maximum atomic E-state index is 12.6. The molecule has 0 aliphatic carbocycles. The normalized spacial score (nSPS) is 10.6. The number of hydrogen-bond acceptors (Lipinski definition) is 8. The van der Waals surface area contributed by atoms with Gasteiger partial charge in [0.05, 0.1) is 26.2 Å². The molecule has 0 unspecified atom stereocenters. The fourth-order valence-corrected chi connectivity index (χ4v) is 3.42. The van der Waals surface area contributed by atoms with Gasteiger partial charge in [0, 0.05) is 16.8 Å². The summed E-state index contributed by atoms with van der Waals surface area (Å²) >= 11 is 0. The van der Waals surface area contributed by atoms with Crippen molar-refractivity contribution >= 4 is 29.7 Å². The Morgan fingerprint density at radius 1 is 0.897 bits per heavy atom. The van der Waals surface area contributed by atoms with Crippen LogP contribution in [0.5, 0.6) is 17.2 Å². The molecule has 0 spiro atoms. The zero-order valence-corrected chi connectivity index (χ0v) is 21.2. The average molecular weight is 528 g/mol. The van der Waals surface area contributed by atoms with Crippen molar-refractivity contribution < 1.29 is 33.0 Å². The zero-order chi connectivity index (χ0) is 27.6. The molecule has 2 amide bonds. The lowest BCUT2D eigenvalue weighted by molar-refractivity contribution is 0.0694. The topological polar surface area (TPSA) is 128 Å². The summed E-state index contributed by atoms with van der Waals surface area (Å²) < 4.78 is 21.1. The van der Waals surface area contributed by atoms with Crippen LogP contribution in [0, 0.1) is 0 Å². The highest BCUT2D eigenvalue weighted by Gasteiger charge is 2.15. The maximum Gasteiger partial charge on any atom is 0.379 e. The Labute approximate surface area is 224 Å². The second-order valence-corrected chi connectivity index (χ2v) is 7.97. The molecule has 10 nitrogen and oxygen atoms in total. The minimum absolute atomic E-state index is 0.0650. The minimum Gasteiger partial charge on any atom is -0.497 e. The monoisotopic (exact) mass is 527 g/mol. The van der Waals surface area contributed by atoms with Crippen LogP contribution in [-0.2, 0) is 0 Å². The van der Waals surface area contributed by atoms with E-state index in [1.807, 2.05) is 0 Å². The third-order valence-electron chi connectivity index (χ3n) is 5.31. The minimum atomic E-state index is -0.656. The largest absolute Gasteiger partial charge is 0.497 e. The Bertz CT molecular complexity index is 1480. The predicted octanol–water partition coefficient (Wildman–Crippen LogP) is 4.92. The van der Waals surface area contributed by atoms with Gasteiger partial charge in [-0.3, -0.25) is 9.59 Å². The molecule has 1 aromatic heterocycles. The van der Waals surface area contributed by atoms with E-state index >= 15 is 0 Å². The molecule has 39 heavy (non-hydrogen) atoms. The molecule has 4 rings (SSSR count). The number of hydrogen-bond donors (Lipinski definition) is 2. The van der Waals surface area contributed by atoms with E-state index in [-0.39, 0.29) is 17.4 Å². The molecule has 0 aliphatic heterocycles. The van der Waals surface area contributed by atoms with Crippen LogP contribution in [0.4, 0.5) is 5.69 Å². The molecule has 0 saturated carbocycles. The first-order valence-corrected chi connectivity index (χ1v) is 11.9. The molecular formula is C29H25N3O7. The summed E-state index contributed by atoms with van der Waals surface area (Å²) in [7, 11) is 1.55. The Morgan fingerprint density at radius 3 is 2.44 bits per heavy atom. The number of ether oxygens (including phenoxy) is 3. The summed E-state index contributed by atoms with van der Waals surface area (Å²) in [6.07, 6.45) is 2.80. The summed E-state index contributed by atoms with van der Waals surface area (Å²) in [5.74, 6) is -0.199. The lowest BCUT2D eigenvalue weighted by atomic mass is 10.1. The summed E-state index contributed by atoms with van der Waals surface area (Å²) in [6, 6.07) is 21.1. The molecule has 0 bridgehead atoms. The molecule has 0 atom stereocenters. The third-order valence-corrected chi connectivity index (χ3v) is 5.31. The van der Waals surface area contributed by atoms with Crippen molar-refractivity contribution in [1.82, 2.24) is 5.43 Å². The van der Waals surface area contributed by atoms with Gasteiger partial charge in [-0.25, -0.2) is 10.2 Å². The number of rotatable bonds is 10. The van der Waals surface area contributed by atoms with Gasteiger partial charge in [0.15, 0.2) is 11.5 Å². The molecular weight excluding hydrogens is 502 g/mol. The smallest absolute Gasteiger partial charge is 0.379 e. The highest BCUT2D eigenvalue weighted by Crippen LogP contribution is 2.29. The lowest BCUT2D eigenvalue weighted by Gasteiger charge is -2.10. The van der Waals surface area contributed by atoms with Crippen LogP contribution in [0.2, 0.25) is 0 Å². The van der Waals surface area contributed by atoms with Crippen molar-refractivity contribution in [3.63, 3.8) is 0 Å². The van der Waals surface area contributed by atoms with E-state index in [0.717, 1.165) is 0 Å². The quantitative estimate of drug-likeness (QED) is 0.130. The van der Waals surface area contributed by atoms with Crippen molar-refractivity contribution in [3.05, 3.63) is 108 Å². The van der Waals surface area contributed by atoms with E-state index in [2.05, 4.69) is 15.8 Å². The number of anilines is 1. The van der Waals surface area contributed by atoms with Gasteiger partial charge in [-0.05, 0) is 85.3 Å². The van der Waals surface area contributed by atoms with Crippen LogP contribution in [0.1, 0.15) is 43.8 Å². The fraction of sp³-hybridized carbons (Fsp3) is 0.103. The van der Waals surface area contributed by atoms with Crippen molar-refractivity contribution in [2.45, 2.75) is 6.92 Å². The summed E-state index contributed by atoms with van der Waals surface area (Å²) in [4.78, 5) is 37.4. The number of furan rings is 1. The molecule has 1 heterocycles. The van der Waals surface area contributed by atoms with Crippen molar-refractivity contribution in [2.24, 2.45) is 5.10 Å². The first-order valence-electron chi connectivity index (χ1n) is 11.9. The molecule has 0 saturated heterocycles. The van der Waals surface area contributed by atoms with E-state index in [9.17, 15) is 14.4 Å². The molecule has 3 aromatic carbocycles. The van der Waals surface area contributed by atoms with Gasteiger partial charge in [0.1, 0.15) is 5.75 Å². The summed E-state index contributed by atoms with van der Waals surface area (Å²) in [6.45, 7) is 2.14. The number of nitrogens with one attached hydrogen (secondary N) is 2. The van der Waals surface area contributed by atoms with Crippen LogP contribution >= 0.6 is 0 Å². The fourth-order valence-electron chi connectivity index (χ4n) is 3.42. The third kappa shape index (κ3) is 7.10. The Balaban J connectivity index is 1.38. The lowest BCUT2D eigenvalue weighted by Crippen LogP contribution is -2.18. The van der Waals surface area contributed by atoms with Gasteiger partial charge in [0.25, 0.3) is 11.8 Å². The van der Waals surface area contributed by atoms with Gasteiger partial charge in [0.2, 0.25) is 5.76 Å². The van der Waals surface area contributed by atoms with Gasteiger partial charge < -0.3 is 23.9 Å². The van der Waals surface area contributed by atoms with Crippen LogP contribution in [0.15, 0.2) is 94.6 Å². The van der Waals surface area contributed by atoms with Crippen LogP contribution in [0.25, 0.3) is 0 Å². The highest BCUT2D eigenvalue weighted by molar-refractivity contribution is 6.05. The Morgan fingerprint density at radius 2 is 1.72 bits per heavy atom. The number of carbonyl (C=O) groups is 3. The van der Waals surface area contributed by atoms with Crippen LogP contribution in [0.3, 0.4) is 0 Å². The number of carbonyl (C=O) groups excluding carboxylic acids is 3. The van der Waals surface area contributed by atoms with E-state index in [1.54, 1.807) is 86.8 Å². The van der Waals surface area contributed by atoms with Gasteiger partial charge in [-0.15, -0.1) is 0 Å². The molecule has 2 N–H and O–H groups in total. The van der Waals surface area contributed by atoms with Gasteiger partial charge >= 0.3 is 5.97 Å². The first-order chi connectivity index (χ1) is 19.0. The second-order valence-electron chi connectivity index (χ2n) is 7.97. The number of methoxy groups -OCH3 is 1. The van der Waals surface area contributed by atoms with Crippen molar-refractivity contribution in [2.75, 3.05) is 19.0 Å². The van der Waals surface area contributed by atoms with E-state index in [1.165, 1.54) is 18.5 Å². The van der Waals surface area contributed by atoms with E-state index < -0.39 is 11.9 Å². The SMILES string of the molecule is CCOc1cc(C=NNC(=O)c2cccc(NC(=O)c3ccc(OC)cc3)c2)ccc1OC(=O)c1ccco1. The Kier molecular flexibility index (Phi) is 8.71. The number of benzene rings is 3. The molecule has 198 valence electrons. The standard InChI is InChI=1S/C29H25N3O7/c1-3-37-26-16-19(9-14-24(26)39-29(35)25-8-5-15-38-25)18-30-32-28(34)21-6-4-7-22(17-21)31-27(33)20-10-12-23(36-2)13-11-20/h4-18H,3H2,1-2H3,(H,31,33)(H,32,34). The molecule has 0 aliphatic rings. The number of esters is 1. The van der Waals surface area contributed by atoms with E-state index in [4.69, 9.17) is 18.6 Å².